The van der Waals surface area contributed by atoms with Crippen LogP contribution < -0.4 is 5.32 Å². The summed E-state index contributed by atoms with van der Waals surface area (Å²) < 4.78 is 0. The van der Waals surface area contributed by atoms with E-state index >= 15 is 0 Å². The van der Waals surface area contributed by atoms with Crippen molar-refractivity contribution in [1.29, 1.82) is 0 Å². The summed E-state index contributed by atoms with van der Waals surface area (Å²) >= 11 is 0. The van der Waals surface area contributed by atoms with Crippen molar-refractivity contribution in [3.63, 3.8) is 0 Å². The zero-order valence-electron chi connectivity index (χ0n) is 11.7. The number of aromatic nitrogens is 2. The van der Waals surface area contributed by atoms with Gasteiger partial charge in [-0.1, -0.05) is 19.9 Å². The molecule has 0 spiro atoms. The molecule has 5 nitrogen and oxygen atoms in total. The predicted molar refractivity (Wildman–Crippen MR) is 77.2 cm³/mol. The largest absolute Gasteiger partial charge is 0.351 e. The van der Waals surface area contributed by atoms with E-state index in [9.17, 15) is 4.79 Å². The standard InChI is InChI=1S/C14H22N4O/c1-4-8-15-14-16-9-7-12(17-14)13(19)18(10-5-2)11-6-3/h4,7,9H,1,5-6,8,10-11H2,2-3H3,(H,15,16,17). The third-order valence-corrected chi connectivity index (χ3v) is 2.55. The molecule has 0 bridgehead atoms. The second-order valence-electron chi connectivity index (χ2n) is 4.23. The molecule has 0 atom stereocenters. The van der Waals surface area contributed by atoms with E-state index in [1.165, 1.54) is 0 Å². The van der Waals surface area contributed by atoms with E-state index in [2.05, 4.69) is 35.7 Å². The Bertz CT molecular complexity index is 414. The number of carbonyl (C=O) groups is 1. The first-order chi connectivity index (χ1) is 9.22. The molecule has 1 rings (SSSR count). The van der Waals surface area contributed by atoms with Gasteiger partial charge < -0.3 is 10.2 Å². The molecule has 0 saturated heterocycles. The highest BCUT2D eigenvalue weighted by molar-refractivity contribution is 5.92. The summed E-state index contributed by atoms with van der Waals surface area (Å²) in [6, 6.07) is 1.65. The van der Waals surface area contributed by atoms with Crippen LogP contribution >= 0.6 is 0 Å². The van der Waals surface area contributed by atoms with Gasteiger partial charge in [0.2, 0.25) is 5.95 Å². The first kappa shape index (κ1) is 15.1. The maximum atomic E-state index is 12.3. The van der Waals surface area contributed by atoms with E-state index in [4.69, 9.17) is 0 Å². The lowest BCUT2D eigenvalue weighted by atomic mass is 10.3. The highest BCUT2D eigenvalue weighted by Crippen LogP contribution is 2.06. The average molecular weight is 262 g/mol. The molecule has 104 valence electrons. The van der Waals surface area contributed by atoms with Crippen molar-refractivity contribution >= 4 is 11.9 Å². The van der Waals surface area contributed by atoms with Gasteiger partial charge in [-0.2, -0.15) is 0 Å². The number of hydrogen-bond acceptors (Lipinski definition) is 4. The fourth-order valence-corrected chi connectivity index (χ4v) is 1.74. The number of hydrogen-bond donors (Lipinski definition) is 1. The van der Waals surface area contributed by atoms with Crippen LogP contribution in [-0.4, -0.2) is 40.4 Å². The molecule has 19 heavy (non-hydrogen) atoms. The zero-order chi connectivity index (χ0) is 14.1. The number of rotatable bonds is 8. The van der Waals surface area contributed by atoms with Crippen LogP contribution in [0.5, 0.6) is 0 Å². The Morgan fingerprint density at radius 1 is 1.42 bits per heavy atom. The van der Waals surface area contributed by atoms with E-state index in [1.54, 1.807) is 18.3 Å². The van der Waals surface area contributed by atoms with Crippen LogP contribution in [0.2, 0.25) is 0 Å². The van der Waals surface area contributed by atoms with E-state index < -0.39 is 0 Å². The van der Waals surface area contributed by atoms with E-state index in [1.807, 2.05) is 4.90 Å². The van der Waals surface area contributed by atoms with Crippen molar-refractivity contribution in [2.75, 3.05) is 25.0 Å². The van der Waals surface area contributed by atoms with Crippen LogP contribution in [0.15, 0.2) is 24.9 Å². The van der Waals surface area contributed by atoms with Crippen LogP contribution in [0.25, 0.3) is 0 Å². The van der Waals surface area contributed by atoms with Gasteiger partial charge in [-0.25, -0.2) is 9.97 Å². The number of anilines is 1. The lowest BCUT2D eigenvalue weighted by molar-refractivity contribution is 0.0749. The molecule has 0 saturated carbocycles. The Balaban J connectivity index is 2.81. The second kappa shape index (κ2) is 8.24. The third-order valence-electron chi connectivity index (χ3n) is 2.55. The Kier molecular flexibility index (Phi) is 6.57. The highest BCUT2D eigenvalue weighted by atomic mass is 16.2. The van der Waals surface area contributed by atoms with Crippen LogP contribution in [0.1, 0.15) is 37.2 Å². The van der Waals surface area contributed by atoms with Gasteiger partial charge in [-0.05, 0) is 18.9 Å². The maximum absolute atomic E-state index is 12.3. The van der Waals surface area contributed by atoms with Gasteiger partial charge in [0.1, 0.15) is 5.69 Å². The Morgan fingerprint density at radius 3 is 2.68 bits per heavy atom. The molecule has 0 fully saturated rings. The highest BCUT2D eigenvalue weighted by Gasteiger charge is 2.16. The molecule has 1 heterocycles. The summed E-state index contributed by atoms with van der Waals surface area (Å²) in [5.74, 6) is 0.423. The van der Waals surface area contributed by atoms with Gasteiger partial charge in [0.15, 0.2) is 0 Å². The Morgan fingerprint density at radius 2 is 2.11 bits per heavy atom. The summed E-state index contributed by atoms with van der Waals surface area (Å²) in [6.07, 6.45) is 5.21. The van der Waals surface area contributed by atoms with Crippen molar-refractivity contribution in [3.8, 4) is 0 Å². The molecular weight excluding hydrogens is 240 g/mol. The van der Waals surface area contributed by atoms with Gasteiger partial charge in [0.25, 0.3) is 5.91 Å². The Hall–Kier alpha value is -1.91. The first-order valence-electron chi connectivity index (χ1n) is 6.70. The van der Waals surface area contributed by atoms with E-state index in [0.717, 1.165) is 25.9 Å². The molecule has 1 aromatic rings. The molecule has 0 radical (unpaired) electrons. The van der Waals surface area contributed by atoms with Gasteiger partial charge in [-0.3, -0.25) is 4.79 Å². The molecule has 0 unspecified atom stereocenters. The lowest BCUT2D eigenvalue weighted by Crippen LogP contribution is -2.33. The van der Waals surface area contributed by atoms with Crippen molar-refractivity contribution in [2.45, 2.75) is 26.7 Å². The number of nitrogens with zero attached hydrogens (tertiary/aromatic N) is 3. The fraction of sp³-hybridized carbons (Fsp3) is 0.500. The minimum atomic E-state index is -0.0345. The summed E-state index contributed by atoms with van der Waals surface area (Å²) in [6.45, 7) is 9.83. The van der Waals surface area contributed by atoms with Crippen LogP contribution in [0.3, 0.4) is 0 Å². The quantitative estimate of drug-likeness (QED) is 0.731. The molecule has 0 aromatic carbocycles. The van der Waals surface area contributed by atoms with Crippen molar-refractivity contribution in [1.82, 2.24) is 14.9 Å². The fourth-order valence-electron chi connectivity index (χ4n) is 1.74. The average Bonchev–Trinajstić information content (AvgIpc) is 2.44. The second-order valence-corrected chi connectivity index (χ2v) is 4.23. The summed E-state index contributed by atoms with van der Waals surface area (Å²) in [5, 5.41) is 2.98. The van der Waals surface area contributed by atoms with Crippen LogP contribution in [0.4, 0.5) is 5.95 Å². The van der Waals surface area contributed by atoms with Crippen molar-refractivity contribution < 1.29 is 4.79 Å². The number of amides is 1. The summed E-state index contributed by atoms with van der Waals surface area (Å²) in [4.78, 5) is 22.5. The number of carbonyl (C=O) groups excluding carboxylic acids is 1. The van der Waals surface area contributed by atoms with E-state index in [-0.39, 0.29) is 5.91 Å². The molecule has 0 aliphatic carbocycles. The zero-order valence-corrected chi connectivity index (χ0v) is 11.7. The predicted octanol–water partition coefficient (Wildman–Crippen LogP) is 2.34. The summed E-state index contributed by atoms with van der Waals surface area (Å²) in [7, 11) is 0. The minimum absolute atomic E-state index is 0.0345. The van der Waals surface area contributed by atoms with Gasteiger partial charge in [-0.15, -0.1) is 6.58 Å². The van der Waals surface area contributed by atoms with Crippen LogP contribution in [-0.2, 0) is 0 Å². The maximum Gasteiger partial charge on any atom is 0.272 e. The molecular formula is C14H22N4O. The van der Waals surface area contributed by atoms with Gasteiger partial charge >= 0.3 is 0 Å². The number of nitrogens with one attached hydrogen (secondary N) is 1. The van der Waals surface area contributed by atoms with Gasteiger partial charge in [0, 0.05) is 25.8 Å². The molecule has 0 aliphatic heterocycles. The smallest absolute Gasteiger partial charge is 0.272 e. The third kappa shape index (κ3) is 4.69. The van der Waals surface area contributed by atoms with Gasteiger partial charge in [0.05, 0.1) is 0 Å². The SMILES string of the molecule is C=CCNc1nccc(C(=O)N(CCC)CCC)n1. The first-order valence-corrected chi connectivity index (χ1v) is 6.70. The van der Waals surface area contributed by atoms with Crippen LogP contribution in [0, 0.1) is 0 Å². The molecule has 5 heteroatoms. The minimum Gasteiger partial charge on any atom is -0.351 e. The normalized spacial score (nSPS) is 10.0. The summed E-state index contributed by atoms with van der Waals surface area (Å²) in [5.41, 5.74) is 0.434. The van der Waals surface area contributed by atoms with Crippen molar-refractivity contribution in [3.05, 3.63) is 30.6 Å². The molecule has 1 amide bonds. The topological polar surface area (TPSA) is 58.1 Å². The molecule has 1 N–H and O–H groups in total. The Labute approximate surface area is 114 Å². The lowest BCUT2D eigenvalue weighted by Gasteiger charge is -2.21. The van der Waals surface area contributed by atoms with Crippen molar-refractivity contribution in [2.24, 2.45) is 0 Å². The molecule has 0 aliphatic rings. The van der Waals surface area contributed by atoms with E-state index in [0.29, 0.717) is 18.2 Å². The molecule has 1 aromatic heterocycles. The monoisotopic (exact) mass is 262 g/mol.